The predicted molar refractivity (Wildman–Crippen MR) is 100 cm³/mol. The van der Waals surface area contributed by atoms with Gasteiger partial charge < -0.3 is 19.7 Å². The zero-order valence-electron chi connectivity index (χ0n) is 14.5. The summed E-state index contributed by atoms with van der Waals surface area (Å²) in [5.41, 5.74) is 1.36. The molecule has 0 fully saturated rings. The number of methoxy groups -OCH3 is 1. The van der Waals surface area contributed by atoms with E-state index < -0.39 is 11.5 Å². The highest BCUT2D eigenvalue weighted by atomic mass is 32.1. The molecule has 2 aromatic rings. The van der Waals surface area contributed by atoms with Crippen molar-refractivity contribution in [2.75, 3.05) is 19.5 Å². The molecule has 7 nitrogen and oxygen atoms in total. The van der Waals surface area contributed by atoms with Crippen LogP contribution in [0.15, 0.2) is 42.5 Å². The monoisotopic (exact) mass is 397 g/mol. The molecule has 2 aromatic carbocycles. The van der Waals surface area contributed by atoms with Crippen molar-refractivity contribution in [2.24, 2.45) is 0 Å². The van der Waals surface area contributed by atoms with Crippen molar-refractivity contribution in [3.63, 3.8) is 0 Å². The molecule has 10 heteroatoms. The van der Waals surface area contributed by atoms with Crippen LogP contribution in [-0.2, 0) is 6.54 Å². The molecule has 0 saturated carbocycles. The molecule has 0 saturated heterocycles. The molecule has 0 aliphatic carbocycles. The summed E-state index contributed by atoms with van der Waals surface area (Å²) in [5.74, 6) is 0.140. The maximum atomic E-state index is 12.4. The van der Waals surface area contributed by atoms with Gasteiger partial charge in [-0.15, -0.1) is 0 Å². The van der Waals surface area contributed by atoms with E-state index >= 15 is 0 Å². The molecule has 0 bridgehead atoms. The largest absolute Gasteiger partial charge is 0.493 e. The van der Waals surface area contributed by atoms with Crippen LogP contribution >= 0.6 is 12.2 Å². The Kier molecular flexibility index (Phi) is 6.83. The molecule has 1 N–H and O–H groups in total. The summed E-state index contributed by atoms with van der Waals surface area (Å²) in [6.07, 6.45) is 0. The van der Waals surface area contributed by atoms with Crippen LogP contribution in [0.5, 0.6) is 11.5 Å². The molecule has 0 aromatic heterocycles. The van der Waals surface area contributed by atoms with Gasteiger partial charge in [0.25, 0.3) is 5.69 Å². The van der Waals surface area contributed by atoms with Gasteiger partial charge in [0, 0.05) is 31.4 Å². The number of anilines is 1. The summed E-state index contributed by atoms with van der Waals surface area (Å²) < 4.78 is 34.2. The first kappa shape index (κ1) is 20.3. The third-order valence-corrected chi connectivity index (χ3v) is 3.95. The summed E-state index contributed by atoms with van der Waals surface area (Å²) in [5, 5.41) is 14.0. The van der Waals surface area contributed by atoms with Crippen LogP contribution in [0.25, 0.3) is 0 Å². The lowest BCUT2D eigenvalue weighted by molar-refractivity contribution is -0.384. The number of non-ortho nitro benzene ring substituents is 1. The van der Waals surface area contributed by atoms with Gasteiger partial charge in [0.15, 0.2) is 16.6 Å². The SMILES string of the molecule is COc1cc(CN(C)C(=S)Nc2ccc([N+](=O)[O-])cc2)ccc1OC(F)F. The predicted octanol–water partition coefficient (Wildman–Crippen LogP) is 4.03. The van der Waals surface area contributed by atoms with Gasteiger partial charge in [-0.2, -0.15) is 8.78 Å². The molecule has 0 radical (unpaired) electrons. The maximum absolute atomic E-state index is 12.4. The third kappa shape index (κ3) is 5.74. The molecular weight excluding hydrogens is 380 g/mol. The Balaban J connectivity index is 2.02. The first-order chi connectivity index (χ1) is 12.8. The minimum atomic E-state index is -2.94. The van der Waals surface area contributed by atoms with Gasteiger partial charge in [-0.25, -0.2) is 0 Å². The Morgan fingerprint density at radius 2 is 1.93 bits per heavy atom. The van der Waals surface area contributed by atoms with Crippen LogP contribution in [0.4, 0.5) is 20.2 Å². The Morgan fingerprint density at radius 1 is 1.26 bits per heavy atom. The molecule has 0 atom stereocenters. The van der Waals surface area contributed by atoms with Gasteiger partial charge in [-0.3, -0.25) is 10.1 Å². The number of thiocarbonyl (C=S) groups is 1. The highest BCUT2D eigenvalue weighted by Gasteiger charge is 2.13. The summed E-state index contributed by atoms with van der Waals surface area (Å²) >= 11 is 5.31. The summed E-state index contributed by atoms with van der Waals surface area (Å²) in [6.45, 7) is -2.56. The second kappa shape index (κ2) is 9.08. The number of ether oxygens (including phenoxy) is 2. The summed E-state index contributed by atoms with van der Waals surface area (Å²) in [4.78, 5) is 11.9. The van der Waals surface area contributed by atoms with E-state index in [1.54, 1.807) is 36.2 Å². The molecule has 0 unspecified atom stereocenters. The van der Waals surface area contributed by atoms with Gasteiger partial charge in [0.05, 0.1) is 12.0 Å². The molecule has 0 aliphatic rings. The molecular formula is C17H17F2N3O4S. The normalized spacial score (nSPS) is 10.4. The van der Waals surface area contributed by atoms with Crippen LogP contribution in [0.2, 0.25) is 0 Å². The van der Waals surface area contributed by atoms with Gasteiger partial charge in [0.1, 0.15) is 0 Å². The lowest BCUT2D eigenvalue weighted by atomic mass is 10.2. The van der Waals surface area contributed by atoms with Crippen molar-refractivity contribution in [2.45, 2.75) is 13.2 Å². The number of halogens is 2. The van der Waals surface area contributed by atoms with Crippen molar-refractivity contribution in [1.82, 2.24) is 4.90 Å². The lowest BCUT2D eigenvalue weighted by Gasteiger charge is -2.21. The lowest BCUT2D eigenvalue weighted by Crippen LogP contribution is -2.30. The molecule has 0 spiro atoms. The van der Waals surface area contributed by atoms with Gasteiger partial charge in [-0.05, 0) is 42.0 Å². The number of alkyl halides is 2. The van der Waals surface area contributed by atoms with Crippen LogP contribution in [0.3, 0.4) is 0 Å². The van der Waals surface area contributed by atoms with Gasteiger partial charge in [0.2, 0.25) is 0 Å². The van der Waals surface area contributed by atoms with Crippen molar-refractivity contribution in [3.05, 3.63) is 58.1 Å². The molecule has 0 aliphatic heterocycles. The van der Waals surface area contributed by atoms with E-state index in [4.69, 9.17) is 17.0 Å². The fourth-order valence-electron chi connectivity index (χ4n) is 2.23. The van der Waals surface area contributed by atoms with Crippen molar-refractivity contribution >= 4 is 28.7 Å². The number of hydrogen-bond donors (Lipinski definition) is 1. The summed E-state index contributed by atoms with van der Waals surface area (Å²) in [7, 11) is 3.11. The van der Waals surface area contributed by atoms with E-state index in [0.717, 1.165) is 5.56 Å². The minimum Gasteiger partial charge on any atom is -0.493 e. The van der Waals surface area contributed by atoms with Crippen molar-refractivity contribution < 1.29 is 23.2 Å². The van der Waals surface area contributed by atoms with Gasteiger partial charge in [-0.1, -0.05) is 6.07 Å². The molecule has 0 heterocycles. The molecule has 2 rings (SSSR count). The fraction of sp³-hybridized carbons (Fsp3) is 0.235. The average molecular weight is 397 g/mol. The van der Waals surface area contributed by atoms with Crippen LogP contribution in [0.1, 0.15) is 5.56 Å². The van der Waals surface area contributed by atoms with E-state index in [2.05, 4.69) is 10.1 Å². The standard InChI is InChI=1S/C17H17F2N3O4S/c1-21(17(27)20-12-4-6-13(7-5-12)22(23)24)10-11-3-8-14(26-16(18)19)15(9-11)25-2/h3-9,16H,10H2,1-2H3,(H,20,27). The molecule has 27 heavy (non-hydrogen) atoms. The molecule has 144 valence electrons. The quantitative estimate of drug-likeness (QED) is 0.429. The van der Waals surface area contributed by atoms with Crippen LogP contribution < -0.4 is 14.8 Å². The first-order valence-corrected chi connectivity index (χ1v) is 8.09. The van der Waals surface area contributed by atoms with Gasteiger partial charge >= 0.3 is 6.61 Å². The van der Waals surface area contributed by atoms with Crippen LogP contribution in [0, 0.1) is 10.1 Å². The third-order valence-electron chi connectivity index (χ3n) is 3.54. The second-order valence-corrected chi connectivity index (χ2v) is 5.84. The van der Waals surface area contributed by atoms with Crippen molar-refractivity contribution in [1.29, 1.82) is 0 Å². The summed E-state index contributed by atoms with van der Waals surface area (Å²) in [6, 6.07) is 10.5. The zero-order chi connectivity index (χ0) is 20.0. The van der Waals surface area contributed by atoms with E-state index in [-0.39, 0.29) is 17.2 Å². The Morgan fingerprint density at radius 3 is 2.48 bits per heavy atom. The van der Waals surface area contributed by atoms with Crippen LogP contribution in [-0.4, -0.2) is 35.7 Å². The molecule has 0 amide bonds. The van der Waals surface area contributed by atoms with E-state index in [9.17, 15) is 18.9 Å². The Hall–Kier alpha value is -3.01. The number of nitrogens with one attached hydrogen (secondary N) is 1. The van der Waals surface area contributed by atoms with E-state index in [0.29, 0.717) is 17.3 Å². The first-order valence-electron chi connectivity index (χ1n) is 7.68. The number of nitro benzene ring substituents is 1. The van der Waals surface area contributed by atoms with E-state index in [1.165, 1.54) is 25.3 Å². The maximum Gasteiger partial charge on any atom is 0.387 e. The number of nitro groups is 1. The minimum absolute atomic E-state index is 0.0157. The number of rotatable bonds is 7. The highest BCUT2D eigenvalue weighted by molar-refractivity contribution is 7.80. The Labute approximate surface area is 159 Å². The second-order valence-electron chi connectivity index (χ2n) is 5.45. The fourth-order valence-corrected chi connectivity index (χ4v) is 2.42. The van der Waals surface area contributed by atoms with E-state index in [1.807, 2.05) is 0 Å². The number of nitrogens with zero attached hydrogens (tertiary/aromatic N) is 2. The topological polar surface area (TPSA) is 76.9 Å². The smallest absolute Gasteiger partial charge is 0.387 e. The number of hydrogen-bond acceptors (Lipinski definition) is 5. The van der Waals surface area contributed by atoms with Crippen molar-refractivity contribution in [3.8, 4) is 11.5 Å². The average Bonchev–Trinajstić information content (AvgIpc) is 2.62. The highest BCUT2D eigenvalue weighted by Crippen LogP contribution is 2.29. The Bertz CT molecular complexity index is 818. The zero-order valence-corrected chi connectivity index (χ0v) is 15.3. The number of benzene rings is 2.